The van der Waals surface area contributed by atoms with E-state index in [1.54, 1.807) is 14.2 Å². The Morgan fingerprint density at radius 3 is 2.47 bits per heavy atom. The molecule has 2 aromatic carbocycles. The SMILES string of the molecule is COc1nc(Nc2ccc(N(C)CCN(C)C)c(NC(C)=O)c2)nc(-c2cn(C)c3ccccc23)c1OC. The maximum absolute atomic E-state index is 12.0. The van der Waals surface area contributed by atoms with Gasteiger partial charge in [-0.2, -0.15) is 4.98 Å². The number of rotatable bonds is 10. The molecule has 4 aromatic rings. The second-order valence-electron chi connectivity index (χ2n) is 9.37. The number of carbonyl (C=O) groups is 1. The number of para-hydroxylation sites is 1. The molecule has 0 radical (unpaired) electrons. The summed E-state index contributed by atoms with van der Waals surface area (Å²) in [5.41, 5.74) is 4.91. The lowest BCUT2D eigenvalue weighted by atomic mass is 10.1. The second-order valence-corrected chi connectivity index (χ2v) is 9.37. The highest BCUT2D eigenvalue weighted by molar-refractivity contribution is 5.97. The molecule has 0 bridgehead atoms. The van der Waals surface area contributed by atoms with Gasteiger partial charge in [-0.15, -0.1) is 0 Å². The number of aromatic nitrogens is 3. The van der Waals surface area contributed by atoms with E-state index in [0.29, 0.717) is 29.0 Å². The average Bonchev–Trinajstić information content (AvgIpc) is 3.23. The summed E-state index contributed by atoms with van der Waals surface area (Å²) in [5, 5.41) is 7.27. The van der Waals surface area contributed by atoms with Crippen LogP contribution in [0.2, 0.25) is 0 Å². The van der Waals surface area contributed by atoms with E-state index in [0.717, 1.165) is 40.9 Å². The minimum atomic E-state index is -0.148. The number of carbonyl (C=O) groups excluding carboxylic acids is 1. The van der Waals surface area contributed by atoms with Gasteiger partial charge in [0.15, 0.2) is 0 Å². The van der Waals surface area contributed by atoms with E-state index < -0.39 is 0 Å². The number of ether oxygens (including phenoxy) is 2. The molecule has 0 aliphatic rings. The van der Waals surface area contributed by atoms with E-state index in [4.69, 9.17) is 14.5 Å². The fraction of sp³-hybridized carbons (Fsp3) is 0.321. The predicted octanol–water partition coefficient (Wildman–Crippen LogP) is 4.35. The third-order valence-electron chi connectivity index (χ3n) is 6.24. The second kappa shape index (κ2) is 11.4. The molecular formula is C28H35N7O3. The van der Waals surface area contributed by atoms with Gasteiger partial charge in [0.25, 0.3) is 5.88 Å². The van der Waals surface area contributed by atoms with Gasteiger partial charge in [-0.05, 0) is 38.4 Å². The molecular weight excluding hydrogens is 482 g/mol. The van der Waals surface area contributed by atoms with E-state index in [9.17, 15) is 4.79 Å². The van der Waals surface area contributed by atoms with Crippen molar-refractivity contribution in [1.82, 2.24) is 19.4 Å². The van der Waals surface area contributed by atoms with Crippen LogP contribution in [0.25, 0.3) is 22.2 Å². The molecule has 200 valence electrons. The van der Waals surface area contributed by atoms with Gasteiger partial charge in [-0.25, -0.2) is 4.98 Å². The summed E-state index contributed by atoms with van der Waals surface area (Å²) in [7, 11) is 11.2. The molecule has 2 N–H and O–H groups in total. The lowest BCUT2D eigenvalue weighted by molar-refractivity contribution is -0.114. The third-order valence-corrected chi connectivity index (χ3v) is 6.24. The highest BCUT2D eigenvalue weighted by Crippen LogP contribution is 2.40. The Morgan fingerprint density at radius 2 is 1.79 bits per heavy atom. The number of nitrogens with one attached hydrogen (secondary N) is 2. The minimum Gasteiger partial charge on any atom is -0.490 e. The zero-order valence-corrected chi connectivity index (χ0v) is 23.0. The fourth-order valence-electron chi connectivity index (χ4n) is 4.36. The van der Waals surface area contributed by atoms with Crippen molar-refractivity contribution in [1.29, 1.82) is 0 Å². The molecule has 0 aliphatic heterocycles. The summed E-state index contributed by atoms with van der Waals surface area (Å²) >= 11 is 0. The predicted molar refractivity (Wildman–Crippen MR) is 153 cm³/mol. The Bertz CT molecular complexity index is 1450. The van der Waals surface area contributed by atoms with Crippen LogP contribution in [0, 0.1) is 0 Å². The summed E-state index contributed by atoms with van der Waals surface area (Å²) in [6.07, 6.45) is 2.02. The van der Waals surface area contributed by atoms with E-state index in [-0.39, 0.29) is 5.91 Å². The molecule has 4 rings (SSSR count). The molecule has 0 spiro atoms. The van der Waals surface area contributed by atoms with Gasteiger partial charge >= 0.3 is 0 Å². The van der Waals surface area contributed by atoms with Crippen molar-refractivity contribution in [3.8, 4) is 22.9 Å². The topological polar surface area (TPSA) is 96.8 Å². The van der Waals surface area contributed by atoms with Crippen LogP contribution in [0.4, 0.5) is 23.0 Å². The van der Waals surface area contributed by atoms with Gasteiger partial charge in [0, 0.05) is 62.5 Å². The third kappa shape index (κ3) is 5.65. The maximum atomic E-state index is 12.0. The monoisotopic (exact) mass is 517 g/mol. The molecule has 2 aromatic heterocycles. The van der Waals surface area contributed by atoms with Gasteiger partial charge in [0.2, 0.25) is 17.6 Å². The molecule has 0 saturated carbocycles. The standard InChI is InChI=1S/C28H35N7O3/c1-18(36)29-22-16-19(12-13-24(22)34(4)15-14-33(2)3)30-28-31-25(26(37-6)27(32-28)38-7)21-17-35(5)23-11-9-8-10-20(21)23/h8-13,16-17H,14-15H2,1-7H3,(H,29,36)(H,30,31,32). The number of hydrogen-bond acceptors (Lipinski definition) is 8. The highest BCUT2D eigenvalue weighted by atomic mass is 16.5. The Hall–Kier alpha value is -4.31. The Kier molecular flexibility index (Phi) is 8.02. The van der Waals surface area contributed by atoms with E-state index >= 15 is 0 Å². The zero-order chi connectivity index (χ0) is 27.4. The molecule has 0 unspecified atom stereocenters. The first-order valence-corrected chi connectivity index (χ1v) is 12.3. The van der Waals surface area contributed by atoms with Gasteiger partial charge in [0.05, 0.1) is 25.6 Å². The van der Waals surface area contributed by atoms with Gasteiger partial charge in [0.1, 0.15) is 5.69 Å². The number of aryl methyl sites for hydroxylation is 1. The van der Waals surface area contributed by atoms with Crippen molar-refractivity contribution in [2.45, 2.75) is 6.92 Å². The van der Waals surface area contributed by atoms with Crippen molar-refractivity contribution in [3.05, 3.63) is 48.7 Å². The van der Waals surface area contributed by atoms with Crippen LogP contribution in [0.1, 0.15) is 6.92 Å². The first kappa shape index (κ1) is 26.7. The number of hydrogen-bond donors (Lipinski definition) is 2. The highest BCUT2D eigenvalue weighted by Gasteiger charge is 2.21. The first-order valence-electron chi connectivity index (χ1n) is 12.3. The Labute approximate surface area is 223 Å². The van der Waals surface area contributed by atoms with Crippen LogP contribution >= 0.6 is 0 Å². The van der Waals surface area contributed by atoms with Crippen LogP contribution in [-0.2, 0) is 11.8 Å². The zero-order valence-electron chi connectivity index (χ0n) is 23.0. The van der Waals surface area contributed by atoms with Gasteiger partial charge < -0.3 is 34.5 Å². The van der Waals surface area contributed by atoms with Crippen molar-refractivity contribution in [2.24, 2.45) is 7.05 Å². The van der Waals surface area contributed by atoms with Crippen molar-refractivity contribution in [2.75, 3.05) is 64.0 Å². The molecule has 1 amide bonds. The van der Waals surface area contributed by atoms with Crippen LogP contribution in [-0.4, -0.2) is 73.8 Å². The van der Waals surface area contributed by atoms with Crippen LogP contribution in [0.5, 0.6) is 11.6 Å². The molecule has 10 heteroatoms. The largest absolute Gasteiger partial charge is 0.490 e. The normalized spacial score (nSPS) is 11.1. The quantitative estimate of drug-likeness (QED) is 0.321. The molecule has 0 saturated heterocycles. The summed E-state index contributed by atoms with van der Waals surface area (Å²) in [4.78, 5) is 25.6. The Balaban J connectivity index is 1.75. The summed E-state index contributed by atoms with van der Waals surface area (Å²) in [5.74, 6) is 0.958. The number of nitrogens with zero attached hydrogens (tertiary/aromatic N) is 5. The van der Waals surface area contributed by atoms with Crippen LogP contribution in [0.15, 0.2) is 48.7 Å². The first-order chi connectivity index (χ1) is 18.2. The number of amides is 1. The van der Waals surface area contributed by atoms with Crippen molar-refractivity contribution >= 4 is 39.8 Å². The fourth-order valence-corrected chi connectivity index (χ4v) is 4.36. The molecule has 2 heterocycles. The maximum Gasteiger partial charge on any atom is 0.262 e. The van der Waals surface area contributed by atoms with Crippen LogP contribution < -0.4 is 25.0 Å². The summed E-state index contributed by atoms with van der Waals surface area (Å²) < 4.78 is 13.3. The summed E-state index contributed by atoms with van der Waals surface area (Å²) in [6, 6.07) is 13.9. The molecule has 0 fully saturated rings. The number of likely N-dealkylation sites (N-methyl/N-ethyl adjacent to an activating group) is 2. The number of methoxy groups -OCH3 is 2. The van der Waals surface area contributed by atoms with Crippen molar-refractivity contribution < 1.29 is 14.3 Å². The lowest BCUT2D eigenvalue weighted by Crippen LogP contribution is -2.29. The Morgan fingerprint density at radius 1 is 1.03 bits per heavy atom. The number of anilines is 4. The van der Waals surface area contributed by atoms with E-state index in [1.165, 1.54) is 6.92 Å². The molecule has 0 atom stereocenters. The minimum absolute atomic E-state index is 0.148. The summed E-state index contributed by atoms with van der Waals surface area (Å²) in [6.45, 7) is 3.18. The van der Waals surface area contributed by atoms with E-state index in [1.807, 2.05) is 64.7 Å². The molecule has 10 nitrogen and oxygen atoms in total. The lowest BCUT2D eigenvalue weighted by Gasteiger charge is -2.24. The number of fused-ring (bicyclic) bond motifs is 1. The average molecular weight is 518 g/mol. The van der Waals surface area contributed by atoms with E-state index in [2.05, 4.69) is 42.1 Å². The molecule has 0 aliphatic carbocycles. The van der Waals surface area contributed by atoms with Gasteiger partial charge in [-0.3, -0.25) is 4.79 Å². The number of benzene rings is 2. The van der Waals surface area contributed by atoms with Gasteiger partial charge in [-0.1, -0.05) is 18.2 Å². The van der Waals surface area contributed by atoms with Crippen LogP contribution in [0.3, 0.4) is 0 Å². The molecule has 38 heavy (non-hydrogen) atoms. The smallest absolute Gasteiger partial charge is 0.262 e. The van der Waals surface area contributed by atoms with Crippen molar-refractivity contribution in [3.63, 3.8) is 0 Å².